The fraction of sp³-hybridized carbons (Fsp3) is 1.00. The summed E-state index contributed by atoms with van der Waals surface area (Å²) >= 11 is 0. The molecule has 0 bridgehead atoms. The Labute approximate surface area is 94.8 Å². The molecule has 15 heavy (non-hydrogen) atoms. The van der Waals surface area contributed by atoms with Crippen LogP contribution in [-0.4, -0.2) is 25.3 Å². The van der Waals surface area contributed by atoms with E-state index in [0.717, 1.165) is 25.0 Å². The molecule has 1 heterocycles. The van der Waals surface area contributed by atoms with Crippen molar-refractivity contribution in [3.63, 3.8) is 0 Å². The van der Waals surface area contributed by atoms with Crippen molar-refractivity contribution in [3.8, 4) is 0 Å². The Morgan fingerprint density at radius 3 is 2.27 bits per heavy atom. The van der Waals surface area contributed by atoms with E-state index in [1.807, 2.05) is 0 Å². The fourth-order valence-corrected chi connectivity index (χ4v) is 2.19. The van der Waals surface area contributed by atoms with Gasteiger partial charge in [0.25, 0.3) is 0 Å². The summed E-state index contributed by atoms with van der Waals surface area (Å²) in [6, 6.07) is 1.27. The first-order chi connectivity index (χ1) is 7.09. The normalized spacial score (nSPS) is 23.0. The van der Waals surface area contributed by atoms with Crippen LogP contribution in [0.3, 0.4) is 0 Å². The van der Waals surface area contributed by atoms with Gasteiger partial charge in [-0.25, -0.2) is 0 Å². The molecular weight excluding hydrogens is 186 g/mol. The van der Waals surface area contributed by atoms with Crippen molar-refractivity contribution in [1.29, 1.82) is 0 Å². The van der Waals surface area contributed by atoms with Crippen molar-refractivity contribution in [3.05, 3.63) is 0 Å². The second kappa shape index (κ2) is 6.49. The van der Waals surface area contributed by atoms with Gasteiger partial charge in [0.1, 0.15) is 0 Å². The number of hydrogen-bond donors (Lipinski definition) is 1. The molecule has 0 amide bonds. The second-order valence-corrected chi connectivity index (χ2v) is 5.39. The molecule has 1 saturated heterocycles. The molecule has 0 aromatic rings. The van der Waals surface area contributed by atoms with E-state index >= 15 is 0 Å². The predicted octanol–water partition coefficient (Wildman–Crippen LogP) is 2.83. The molecule has 0 aromatic heterocycles. The summed E-state index contributed by atoms with van der Waals surface area (Å²) in [5, 5.41) is 3.69. The van der Waals surface area contributed by atoms with Gasteiger partial charge in [-0.15, -0.1) is 0 Å². The lowest BCUT2D eigenvalue weighted by Gasteiger charge is -2.28. The van der Waals surface area contributed by atoms with Gasteiger partial charge < -0.3 is 10.1 Å². The Morgan fingerprint density at radius 1 is 1.13 bits per heavy atom. The molecule has 0 saturated carbocycles. The zero-order valence-corrected chi connectivity index (χ0v) is 10.8. The molecule has 1 N–H and O–H groups in total. The third-order valence-electron chi connectivity index (χ3n) is 3.58. The fourth-order valence-electron chi connectivity index (χ4n) is 2.19. The van der Waals surface area contributed by atoms with Crippen LogP contribution < -0.4 is 5.32 Å². The van der Waals surface area contributed by atoms with Crippen LogP contribution in [0.2, 0.25) is 0 Å². The predicted molar refractivity (Wildman–Crippen MR) is 65.1 cm³/mol. The van der Waals surface area contributed by atoms with Crippen LogP contribution in [0.5, 0.6) is 0 Å². The molecule has 1 aliphatic heterocycles. The first-order valence-electron chi connectivity index (χ1n) is 6.43. The van der Waals surface area contributed by atoms with Gasteiger partial charge in [-0.05, 0) is 44.9 Å². The van der Waals surface area contributed by atoms with Crippen LogP contribution in [0, 0.1) is 11.8 Å². The van der Waals surface area contributed by atoms with Crippen molar-refractivity contribution in [2.45, 2.75) is 59.0 Å². The molecule has 1 rings (SSSR count). The van der Waals surface area contributed by atoms with Gasteiger partial charge in [0.15, 0.2) is 0 Å². The van der Waals surface area contributed by atoms with Crippen molar-refractivity contribution >= 4 is 0 Å². The minimum Gasteiger partial charge on any atom is -0.381 e. The Kier molecular flexibility index (Phi) is 5.62. The Hall–Kier alpha value is -0.0800. The molecule has 2 unspecified atom stereocenters. The van der Waals surface area contributed by atoms with E-state index < -0.39 is 0 Å². The molecule has 0 spiro atoms. The van der Waals surface area contributed by atoms with Crippen LogP contribution in [0.15, 0.2) is 0 Å². The first kappa shape index (κ1) is 13.0. The quantitative estimate of drug-likeness (QED) is 0.758. The van der Waals surface area contributed by atoms with Crippen molar-refractivity contribution in [1.82, 2.24) is 5.32 Å². The van der Waals surface area contributed by atoms with Gasteiger partial charge in [-0.1, -0.05) is 13.8 Å². The largest absolute Gasteiger partial charge is 0.381 e. The average Bonchev–Trinajstić information content (AvgIpc) is 2.18. The van der Waals surface area contributed by atoms with E-state index in [0.29, 0.717) is 12.1 Å². The monoisotopic (exact) mass is 213 g/mol. The maximum atomic E-state index is 5.38. The van der Waals surface area contributed by atoms with E-state index in [2.05, 4.69) is 33.0 Å². The molecule has 2 nitrogen and oxygen atoms in total. The molecule has 2 atom stereocenters. The lowest BCUT2D eigenvalue weighted by Crippen LogP contribution is -2.39. The molecule has 1 fully saturated rings. The Morgan fingerprint density at radius 2 is 1.73 bits per heavy atom. The maximum Gasteiger partial charge on any atom is 0.0468 e. The van der Waals surface area contributed by atoms with Gasteiger partial charge >= 0.3 is 0 Å². The number of ether oxygens (including phenoxy) is 1. The zero-order chi connectivity index (χ0) is 11.3. The first-order valence-corrected chi connectivity index (χ1v) is 6.43. The second-order valence-electron chi connectivity index (χ2n) is 5.39. The molecule has 2 heteroatoms. The third-order valence-corrected chi connectivity index (χ3v) is 3.58. The third kappa shape index (κ3) is 4.98. The lowest BCUT2D eigenvalue weighted by molar-refractivity contribution is 0.0606. The number of rotatable bonds is 5. The van der Waals surface area contributed by atoms with Crippen molar-refractivity contribution < 1.29 is 4.74 Å². The van der Waals surface area contributed by atoms with Crippen LogP contribution >= 0.6 is 0 Å². The standard InChI is InChI=1S/C13H27NO/c1-10(2)12(4)14-11(3)9-13-5-7-15-8-6-13/h10-14H,5-9H2,1-4H3. The van der Waals surface area contributed by atoms with Gasteiger partial charge in [0.2, 0.25) is 0 Å². The van der Waals surface area contributed by atoms with E-state index in [9.17, 15) is 0 Å². The summed E-state index contributed by atoms with van der Waals surface area (Å²) in [5.74, 6) is 1.60. The smallest absolute Gasteiger partial charge is 0.0468 e. The minimum absolute atomic E-state index is 0.625. The minimum atomic E-state index is 0.625. The molecular formula is C13H27NO. The highest BCUT2D eigenvalue weighted by Gasteiger charge is 2.18. The Balaban J connectivity index is 2.19. The van der Waals surface area contributed by atoms with E-state index in [1.54, 1.807) is 0 Å². The molecule has 0 aliphatic carbocycles. The highest BCUT2D eigenvalue weighted by molar-refractivity contribution is 4.74. The zero-order valence-electron chi connectivity index (χ0n) is 10.8. The summed E-state index contributed by atoms with van der Waals surface area (Å²) in [7, 11) is 0. The summed E-state index contributed by atoms with van der Waals surface area (Å²) in [6.45, 7) is 11.1. The van der Waals surface area contributed by atoms with E-state index in [-0.39, 0.29) is 0 Å². The number of hydrogen-bond acceptors (Lipinski definition) is 2. The Bertz CT molecular complexity index is 164. The topological polar surface area (TPSA) is 21.3 Å². The van der Waals surface area contributed by atoms with Crippen LogP contribution in [0.4, 0.5) is 0 Å². The van der Waals surface area contributed by atoms with E-state index in [4.69, 9.17) is 4.74 Å². The highest BCUT2D eigenvalue weighted by atomic mass is 16.5. The van der Waals surface area contributed by atoms with Gasteiger partial charge in [0, 0.05) is 25.3 Å². The van der Waals surface area contributed by atoms with Crippen molar-refractivity contribution in [2.75, 3.05) is 13.2 Å². The van der Waals surface area contributed by atoms with Crippen LogP contribution in [-0.2, 0) is 4.74 Å². The number of nitrogens with one attached hydrogen (secondary N) is 1. The molecule has 1 aliphatic rings. The van der Waals surface area contributed by atoms with Gasteiger partial charge in [-0.3, -0.25) is 0 Å². The lowest BCUT2D eigenvalue weighted by atomic mass is 9.92. The molecule has 90 valence electrons. The summed E-state index contributed by atoms with van der Waals surface area (Å²) in [4.78, 5) is 0. The van der Waals surface area contributed by atoms with E-state index in [1.165, 1.54) is 19.3 Å². The summed E-state index contributed by atoms with van der Waals surface area (Å²) in [6.07, 6.45) is 3.81. The average molecular weight is 213 g/mol. The maximum absolute atomic E-state index is 5.38. The SMILES string of the molecule is CC(CC1CCOCC1)NC(C)C(C)C. The van der Waals surface area contributed by atoms with Gasteiger partial charge in [0.05, 0.1) is 0 Å². The summed E-state index contributed by atoms with van der Waals surface area (Å²) in [5.41, 5.74) is 0. The summed E-state index contributed by atoms with van der Waals surface area (Å²) < 4.78 is 5.38. The van der Waals surface area contributed by atoms with Crippen molar-refractivity contribution in [2.24, 2.45) is 11.8 Å². The molecule has 0 radical (unpaired) electrons. The van der Waals surface area contributed by atoms with Crippen LogP contribution in [0.1, 0.15) is 47.0 Å². The van der Waals surface area contributed by atoms with Gasteiger partial charge in [-0.2, -0.15) is 0 Å². The molecule has 0 aromatic carbocycles. The van der Waals surface area contributed by atoms with Crippen LogP contribution in [0.25, 0.3) is 0 Å². The highest BCUT2D eigenvalue weighted by Crippen LogP contribution is 2.20.